The molecule has 0 unspecified atom stereocenters. The maximum atomic E-state index is 5.53. The molecule has 4 heteroatoms. The van der Waals surface area contributed by atoms with Crippen molar-refractivity contribution >= 4 is 21.7 Å². The number of anilines is 1. The minimum atomic E-state index is 0.246. The van der Waals surface area contributed by atoms with Gasteiger partial charge >= 0.3 is 0 Å². The topological polar surface area (TPSA) is 50.9 Å². The van der Waals surface area contributed by atoms with Gasteiger partial charge in [0.05, 0.1) is 4.47 Å². The zero-order chi connectivity index (χ0) is 12.0. The monoisotopic (exact) mass is 285 g/mol. The molecule has 16 heavy (non-hydrogen) atoms. The van der Waals surface area contributed by atoms with Crippen molar-refractivity contribution < 1.29 is 0 Å². The van der Waals surface area contributed by atoms with Crippen LogP contribution in [-0.4, -0.2) is 18.1 Å². The highest BCUT2D eigenvalue weighted by Crippen LogP contribution is 2.24. The number of nitrogens with two attached hydrogens (primary N) is 1. The van der Waals surface area contributed by atoms with Crippen LogP contribution in [0.15, 0.2) is 22.8 Å². The molecular weight excluding hydrogens is 266 g/mol. The largest absolute Gasteiger partial charge is 0.369 e. The zero-order valence-electron chi connectivity index (χ0n) is 9.96. The maximum absolute atomic E-state index is 5.53. The molecule has 0 aliphatic rings. The molecule has 0 fully saturated rings. The summed E-state index contributed by atoms with van der Waals surface area (Å²) >= 11 is 3.47. The molecule has 0 saturated heterocycles. The van der Waals surface area contributed by atoms with E-state index in [-0.39, 0.29) is 5.41 Å². The summed E-state index contributed by atoms with van der Waals surface area (Å²) < 4.78 is 1.00. The normalized spacial score (nSPS) is 11.5. The van der Waals surface area contributed by atoms with Crippen LogP contribution in [0.3, 0.4) is 0 Å². The van der Waals surface area contributed by atoms with Crippen molar-refractivity contribution in [1.82, 2.24) is 4.98 Å². The van der Waals surface area contributed by atoms with E-state index in [9.17, 15) is 0 Å². The van der Waals surface area contributed by atoms with Crippen molar-refractivity contribution in [3.05, 3.63) is 22.8 Å². The number of hydrogen-bond acceptors (Lipinski definition) is 3. The second-order valence-corrected chi connectivity index (χ2v) is 5.60. The van der Waals surface area contributed by atoms with Gasteiger partial charge in [-0.1, -0.05) is 13.8 Å². The maximum Gasteiger partial charge on any atom is 0.140 e. The molecule has 0 aliphatic carbocycles. The van der Waals surface area contributed by atoms with Gasteiger partial charge in [-0.15, -0.1) is 0 Å². The lowest BCUT2D eigenvalue weighted by atomic mass is 9.88. The molecule has 0 atom stereocenters. The molecule has 1 heterocycles. The van der Waals surface area contributed by atoms with E-state index in [1.165, 1.54) is 0 Å². The van der Waals surface area contributed by atoms with E-state index in [1.807, 2.05) is 12.1 Å². The summed E-state index contributed by atoms with van der Waals surface area (Å²) in [6.45, 7) is 6.15. The Kier molecular flexibility index (Phi) is 5.22. The van der Waals surface area contributed by atoms with Gasteiger partial charge in [0.2, 0.25) is 0 Å². The van der Waals surface area contributed by atoms with Gasteiger partial charge in [-0.2, -0.15) is 0 Å². The third kappa shape index (κ3) is 4.49. The molecule has 0 spiro atoms. The van der Waals surface area contributed by atoms with Crippen LogP contribution < -0.4 is 11.1 Å². The zero-order valence-corrected chi connectivity index (χ0v) is 11.5. The molecule has 3 nitrogen and oxygen atoms in total. The predicted octanol–water partition coefficient (Wildman–Crippen LogP) is 3.02. The van der Waals surface area contributed by atoms with E-state index < -0.39 is 0 Å². The van der Waals surface area contributed by atoms with Crippen molar-refractivity contribution in [3.8, 4) is 0 Å². The van der Waals surface area contributed by atoms with Gasteiger partial charge in [0.25, 0.3) is 0 Å². The highest BCUT2D eigenvalue weighted by molar-refractivity contribution is 9.10. The Bertz CT molecular complexity index is 326. The van der Waals surface area contributed by atoms with E-state index in [2.05, 4.69) is 40.1 Å². The van der Waals surface area contributed by atoms with E-state index in [4.69, 9.17) is 5.73 Å². The summed E-state index contributed by atoms with van der Waals surface area (Å²) in [7, 11) is 0. The fraction of sp³-hybridized carbons (Fsp3) is 0.583. The van der Waals surface area contributed by atoms with Crippen LogP contribution in [0.2, 0.25) is 0 Å². The summed E-state index contributed by atoms with van der Waals surface area (Å²) in [5, 5.41) is 3.36. The number of pyridine rings is 1. The Hall–Kier alpha value is -0.610. The molecule has 1 rings (SSSR count). The highest BCUT2D eigenvalue weighted by Gasteiger charge is 2.17. The van der Waals surface area contributed by atoms with Crippen LogP contribution in [0.1, 0.15) is 26.7 Å². The fourth-order valence-corrected chi connectivity index (χ4v) is 1.90. The van der Waals surface area contributed by atoms with Gasteiger partial charge in [-0.25, -0.2) is 4.98 Å². The van der Waals surface area contributed by atoms with Crippen molar-refractivity contribution in [3.63, 3.8) is 0 Å². The molecule has 1 aromatic rings. The van der Waals surface area contributed by atoms with Crippen molar-refractivity contribution in [2.24, 2.45) is 11.1 Å². The predicted molar refractivity (Wildman–Crippen MR) is 72.5 cm³/mol. The van der Waals surface area contributed by atoms with Crippen LogP contribution in [0.25, 0.3) is 0 Å². The Morgan fingerprint density at radius 2 is 2.25 bits per heavy atom. The quantitative estimate of drug-likeness (QED) is 0.845. The van der Waals surface area contributed by atoms with Crippen LogP contribution >= 0.6 is 15.9 Å². The summed E-state index contributed by atoms with van der Waals surface area (Å²) in [5.41, 5.74) is 5.77. The number of rotatable bonds is 6. The molecule has 0 radical (unpaired) electrons. The Morgan fingerprint density at radius 1 is 1.50 bits per heavy atom. The summed E-state index contributed by atoms with van der Waals surface area (Å²) in [6, 6.07) is 3.90. The van der Waals surface area contributed by atoms with E-state index in [0.29, 0.717) is 0 Å². The first-order chi connectivity index (χ1) is 7.55. The number of hydrogen-bond donors (Lipinski definition) is 2. The summed E-state index contributed by atoms with van der Waals surface area (Å²) in [6.07, 6.45) is 3.99. The lowest BCUT2D eigenvalue weighted by Gasteiger charge is -2.25. The first kappa shape index (κ1) is 13.5. The van der Waals surface area contributed by atoms with Gasteiger partial charge in [-0.3, -0.25) is 0 Å². The van der Waals surface area contributed by atoms with Gasteiger partial charge < -0.3 is 11.1 Å². The fourth-order valence-electron chi connectivity index (χ4n) is 1.51. The summed E-state index contributed by atoms with van der Waals surface area (Å²) in [4.78, 5) is 4.28. The number of nitrogens with one attached hydrogen (secondary N) is 1. The van der Waals surface area contributed by atoms with Gasteiger partial charge in [-0.05, 0) is 52.9 Å². The van der Waals surface area contributed by atoms with Gasteiger partial charge in [0, 0.05) is 12.7 Å². The van der Waals surface area contributed by atoms with Gasteiger partial charge in [0.1, 0.15) is 5.82 Å². The molecule has 90 valence electrons. The highest BCUT2D eigenvalue weighted by atomic mass is 79.9. The second-order valence-electron chi connectivity index (χ2n) is 4.74. The lowest BCUT2D eigenvalue weighted by Crippen LogP contribution is -2.24. The van der Waals surface area contributed by atoms with Crippen LogP contribution in [-0.2, 0) is 0 Å². The van der Waals surface area contributed by atoms with E-state index in [1.54, 1.807) is 6.20 Å². The Balaban J connectivity index is 2.47. The first-order valence-electron chi connectivity index (χ1n) is 5.60. The van der Waals surface area contributed by atoms with Crippen molar-refractivity contribution in [2.45, 2.75) is 26.7 Å². The third-order valence-electron chi connectivity index (χ3n) is 2.55. The molecule has 0 aromatic carbocycles. The van der Waals surface area contributed by atoms with Crippen molar-refractivity contribution in [2.75, 3.05) is 18.4 Å². The summed E-state index contributed by atoms with van der Waals surface area (Å²) in [5.74, 6) is 0.906. The van der Waals surface area contributed by atoms with Crippen LogP contribution in [0.4, 0.5) is 5.82 Å². The van der Waals surface area contributed by atoms with Crippen LogP contribution in [0.5, 0.6) is 0 Å². The number of nitrogens with zero attached hydrogens (tertiary/aromatic N) is 1. The molecule has 0 amide bonds. The van der Waals surface area contributed by atoms with Gasteiger partial charge in [0.15, 0.2) is 0 Å². The first-order valence-corrected chi connectivity index (χ1v) is 6.39. The molecule has 0 bridgehead atoms. The lowest BCUT2D eigenvalue weighted by molar-refractivity contribution is 0.350. The van der Waals surface area contributed by atoms with Crippen molar-refractivity contribution in [1.29, 1.82) is 0 Å². The Morgan fingerprint density at radius 3 is 2.88 bits per heavy atom. The molecule has 0 saturated carbocycles. The smallest absolute Gasteiger partial charge is 0.140 e. The van der Waals surface area contributed by atoms with E-state index in [0.717, 1.165) is 36.2 Å². The number of aromatic nitrogens is 1. The van der Waals surface area contributed by atoms with E-state index >= 15 is 0 Å². The molecule has 0 aliphatic heterocycles. The number of halogens is 1. The molecule has 1 aromatic heterocycles. The molecular formula is C12H20BrN3. The average molecular weight is 286 g/mol. The van der Waals surface area contributed by atoms with Crippen LogP contribution in [0, 0.1) is 5.41 Å². The minimum Gasteiger partial charge on any atom is -0.369 e. The molecule has 3 N–H and O–H groups in total. The Labute approximate surface area is 106 Å². The average Bonchev–Trinajstić information content (AvgIpc) is 2.26. The minimum absolute atomic E-state index is 0.246. The third-order valence-corrected chi connectivity index (χ3v) is 3.19. The standard InChI is InChI=1S/C12H20BrN3/c1-12(2,6-4-7-14)9-16-11-10(13)5-3-8-15-11/h3,5,8H,4,6-7,9,14H2,1-2H3,(H,15,16). The second kappa shape index (κ2) is 6.21. The SMILES string of the molecule is CC(C)(CCCN)CNc1ncccc1Br.